The van der Waals surface area contributed by atoms with Crippen molar-refractivity contribution in [2.75, 3.05) is 0 Å². The van der Waals surface area contributed by atoms with Gasteiger partial charge in [-0.25, -0.2) is 0 Å². The van der Waals surface area contributed by atoms with Gasteiger partial charge in [-0.15, -0.1) is 0 Å². The molecule has 0 heterocycles. The maximum atomic E-state index is 5.76. The molecule has 0 unspecified atom stereocenters. The second kappa shape index (κ2) is 1.26. The molecule has 0 atom stereocenters. The predicted molar refractivity (Wildman–Crippen MR) is 34.3 cm³/mol. The van der Waals surface area contributed by atoms with E-state index in [-0.39, 0.29) is 0 Å². The standard InChI is InChI=1S/C7H5Cl/c8-7-3-1-2-5-4-6(5)7/h1-3H,4H2. The van der Waals surface area contributed by atoms with Crippen LogP contribution in [0.2, 0.25) is 5.02 Å². The number of hydrogen-bond acceptors (Lipinski definition) is 0. The summed E-state index contributed by atoms with van der Waals surface area (Å²) in [6.07, 6.45) is 1.12. The van der Waals surface area contributed by atoms with Crippen LogP contribution in [0.3, 0.4) is 0 Å². The lowest BCUT2D eigenvalue weighted by atomic mass is 10.4. The summed E-state index contributed by atoms with van der Waals surface area (Å²) < 4.78 is 0. The zero-order valence-electron chi connectivity index (χ0n) is 4.32. The van der Waals surface area contributed by atoms with Crippen molar-refractivity contribution in [1.82, 2.24) is 0 Å². The van der Waals surface area contributed by atoms with Gasteiger partial charge in [-0.3, -0.25) is 0 Å². The maximum Gasteiger partial charge on any atom is 0.0444 e. The second-order valence-corrected chi connectivity index (χ2v) is 2.46. The summed E-state index contributed by atoms with van der Waals surface area (Å²) in [6.45, 7) is 0. The van der Waals surface area contributed by atoms with Gasteiger partial charge >= 0.3 is 0 Å². The van der Waals surface area contributed by atoms with E-state index in [1.165, 1.54) is 11.1 Å². The second-order valence-electron chi connectivity index (χ2n) is 2.05. The normalized spacial score (nSPS) is 13.1. The zero-order valence-corrected chi connectivity index (χ0v) is 5.07. The molecule has 0 saturated carbocycles. The molecule has 0 fully saturated rings. The third kappa shape index (κ3) is 0.466. The minimum atomic E-state index is 0.933. The first-order chi connectivity index (χ1) is 3.88. The van der Waals surface area contributed by atoms with E-state index in [0.29, 0.717) is 0 Å². The highest BCUT2D eigenvalue weighted by molar-refractivity contribution is 6.32. The molecule has 1 heteroatoms. The maximum absolute atomic E-state index is 5.76. The van der Waals surface area contributed by atoms with E-state index in [0.717, 1.165) is 11.4 Å². The molecule has 0 saturated heterocycles. The average molecular weight is 125 g/mol. The van der Waals surface area contributed by atoms with Crippen LogP contribution in [0.4, 0.5) is 0 Å². The van der Waals surface area contributed by atoms with Crippen molar-refractivity contribution >= 4 is 11.6 Å². The van der Waals surface area contributed by atoms with Crippen LogP contribution < -0.4 is 0 Å². The Labute approximate surface area is 53.1 Å². The number of hydrogen-bond donors (Lipinski definition) is 0. The molecule has 0 bridgehead atoms. The molecule has 0 N–H and O–H groups in total. The fourth-order valence-corrected chi connectivity index (χ4v) is 1.15. The number of fused-ring (bicyclic) bond motifs is 1. The third-order valence-electron chi connectivity index (χ3n) is 1.46. The van der Waals surface area contributed by atoms with E-state index in [2.05, 4.69) is 6.07 Å². The zero-order chi connectivity index (χ0) is 5.56. The number of rotatable bonds is 0. The first-order valence-electron chi connectivity index (χ1n) is 2.64. The van der Waals surface area contributed by atoms with Crippen molar-refractivity contribution in [3.63, 3.8) is 0 Å². The van der Waals surface area contributed by atoms with E-state index in [4.69, 9.17) is 11.6 Å². The van der Waals surface area contributed by atoms with Gasteiger partial charge in [-0.1, -0.05) is 23.7 Å². The summed E-state index contributed by atoms with van der Waals surface area (Å²) in [4.78, 5) is 0. The molecule has 40 valence electrons. The molecule has 0 amide bonds. The molecule has 1 aromatic carbocycles. The lowest BCUT2D eigenvalue weighted by molar-refractivity contribution is 1.61. The Kier molecular flexibility index (Phi) is 0.694. The van der Waals surface area contributed by atoms with Crippen LogP contribution in [-0.4, -0.2) is 0 Å². The van der Waals surface area contributed by atoms with Gasteiger partial charge in [0.15, 0.2) is 0 Å². The molecule has 0 nitrogen and oxygen atoms in total. The fourth-order valence-electron chi connectivity index (χ4n) is 0.893. The summed E-state index contributed by atoms with van der Waals surface area (Å²) in [5, 5.41) is 0.933. The number of halogens is 1. The summed E-state index contributed by atoms with van der Waals surface area (Å²) >= 11 is 5.76. The van der Waals surface area contributed by atoms with Gasteiger partial charge in [-0.05, 0) is 23.6 Å². The molecule has 0 radical (unpaired) electrons. The Hall–Kier alpha value is -0.490. The van der Waals surface area contributed by atoms with Crippen LogP contribution in [0, 0.1) is 0 Å². The molecule has 1 aliphatic carbocycles. The first kappa shape index (κ1) is 4.39. The minimum absolute atomic E-state index is 0.933. The van der Waals surface area contributed by atoms with Crippen molar-refractivity contribution in [2.45, 2.75) is 6.42 Å². The molecular formula is C7H5Cl. The van der Waals surface area contributed by atoms with E-state index in [9.17, 15) is 0 Å². The van der Waals surface area contributed by atoms with E-state index >= 15 is 0 Å². The summed E-state index contributed by atoms with van der Waals surface area (Å²) in [5.41, 5.74) is 2.76. The summed E-state index contributed by atoms with van der Waals surface area (Å²) in [6, 6.07) is 6.04. The molecule has 1 aliphatic rings. The summed E-state index contributed by atoms with van der Waals surface area (Å²) in [5.74, 6) is 0. The SMILES string of the molecule is Clc1cccc2c1C2. The van der Waals surface area contributed by atoms with E-state index < -0.39 is 0 Å². The largest absolute Gasteiger partial charge is 0.0840 e. The van der Waals surface area contributed by atoms with E-state index in [1.54, 1.807) is 0 Å². The van der Waals surface area contributed by atoms with Crippen LogP contribution >= 0.6 is 11.6 Å². The van der Waals surface area contributed by atoms with Crippen LogP contribution in [-0.2, 0) is 6.42 Å². The summed E-state index contributed by atoms with van der Waals surface area (Å²) in [7, 11) is 0. The van der Waals surface area contributed by atoms with Gasteiger partial charge in [0.1, 0.15) is 0 Å². The number of benzene rings is 1. The van der Waals surface area contributed by atoms with Crippen molar-refractivity contribution in [1.29, 1.82) is 0 Å². The highest BCUT2D eigenvalue weighted by Crippen LogP contribution is 2.33. The van der Waals surface area contributed by atoms with Gasteiger partial charge in [0.25, 0.3) is 0 Å². The topological polar surface area (TPSA) is 0 Å². The Balaban J connectivity index is 2.70. The fraction of sp³-hybridized carbons (Fsp3) is 0.143. The minimum Gasteiger partial charge on any atom is -0.0840 e. The van der Waals surface area contributed by atoms with Crippen molar-refractivity contribution in [2.24, 2.45) is 0 Å². The Morgan fingerprint density at radius 1 is 1.38 bits per heavy atom. The van der Waals surface area contributed by atoms with Crippen LogP contribution in [0.25, 0.3) is 0 Å². The Morgan fingerprint density at radius 3 is 2.88 bits per heavy atom. The van der Waals surface area contributed by atoms with E-state index in [1.807, 2.05) is 12.1 Å². The molecule has 0 aliphatic heterocycles. The quantitative estimate of drug-likeness (QED) is 0.505. The first-order valence-corrected chi connectivity index (χ1v) is 3.02. The molecular weight excluding hydrogens is 120 g/mol. The highest BCUT2D eigenvalue weighted by Gasteiger charge is 2.18. The molecule has 0 spiro atoms. The Morgan fingerprint density at radius 2 is 2.25 bits per heavy atom. The average Bonchev–Trinajstić information content (AvgIpc) is 2.45. The van der Waals surface area contributed by atoms with Crippen LogP contribution in [0.1, 0.15) is 11.1 Å². The van der Waals surface area contributed by atoms with Gasteiger partial charge in [-0.2, -0.15) is 0 Å². The van der Waals surface area contributed by atoms with Gasteiger partial charge in [0, 0.05) is 5.02 Å². The van der Waals surface area contributed by atoms with Crippen LogP contribution in [0.5, 0.6) is 0 Å². The van der Waals surface area contributed by atoms with Crippen LogP contribution in [0.15, 0.2) is 18.2 Å². The van der Waals surface area contributed by atoms with Crippen molar-refractivity contribution in [3.8, 4) is 0 Å². The molecule has 0 aromatic heterocycles. The third-order valence-corrected chi connectivity index (χ3v) is 1.81. The Bertz CT molecular complexity index is 228. The monoisotopic (exact) mass is 124 g/mol. The van der Waals surface area contributed by atoms with Gasteiger partial charge < -0.3 is 0 Å². The smallest absolute Gasteiger partial charge is 0.0444 e. The predicted octanol–water partition coefficient (Wildman–Crippen LogP) is 2.24. The van der Waals surface area contributed by atoms with Gasteiger partial charge in [0.05, 0.1) is 0 Å². The van der Waals surface area contributed by atoms with Gasteiger partial charge in [0.2, 0.25) is 0 Å². The molecule has 2 rings (SSSR count). The molecule has 1 aromatic rings. The van der Waals surface area contributed by atoms with Crippen molar-refractivity contribution < 1.29 is 0 Å². The van der Waals surface area contributed by atoms with Crippen molar-refractivity contribution in [3.05, 3.63) is 34.3 Å². The highest BCUT2D eigenvalue weighted by atomic mass is 35.5. The lowest BCUT2D eigenvalue weighted by Crippen LogP contribution is -1.56. The molecule has 8 heavy (non-hydrogen) atoms. The lowest BCUT2D eigenvalue weighted by Gasteiger charge is -1.79.